The third-order valence-electron chi connectivity index (χ3n) is 3.54. The fourth-order valence-corrected chi connectivity index (χ4v) is 5.80. The Morgan fingerprint density at radius 2 is 1.26 bits per heavy atom. The van der Waals surface area contributed by atoms with Crippen molar-refractivity contribution in [3.63, 3.8) is 0 Å². The van der Waals surface area contributed by atoms with Gasteiger partial charge in [-0.15, -0.1) is 0 Å². The predicted octanol–water partition coefficient (Wildman–Crippen LogP) is 3.79. The van der Waals surface area contributed by atoms with E-state index in [9.17, 15) is 0 Å². The molecule has 19 heavy (non-hydrogen) atoms. The summed E-state index contributed by atoms with van der Waals surface area (Å²) >= 11 is 7.17. The molecular formula is C14H25ClN3P. The summed E-state index contributed by atoms with van der Waals surface area (Å²) in [6.07, 6.45) is -0.805. The Balaban J connectivity index is 3.31. The van der Waals surface area contributed by atoms with Gasteiger partial charge in [-0.25, -0.2) is 0 Å². The maximum atomic E-state index is 7.17. The molecule has 0 aromatic heterocycles. The average molecular weight is 302 g/mol. The monoisotopic (exact) mass is 301 g/mol. The Kier molecular flexibility index (Phi) is 5.16. The van der Waals surface area contributed by atoms with E-state index >= 15 is 0 Å². The first-order valence-electron chi connectivity index (χ1n) is 6.24. The van der Waals surface area contributed by atoms with Crippen LogP contribution in [-0.4, -0.2) is 56.3 Å². The zero-order valence-corrected chi connectivity index (χ0v) is 14.4. The van der Waals surface area contributed by atoms with Gasteiger partial charge in [-0.05, 0) is 0 Å². The van der Waals surface area contributed by atoms with Gasteiger partial charge in [0.1, 0.15) is 0 Å². The summed E-state index contributed by atoms with van der Waals surface area (Å²) < 4.78 is 6.35. The standard InChI is InChI=1S/C14H25ClN3P/c1-16(2)19(15,17(3)4,18(5)6)13-12-14-10-8-7-9-11-14/h7-13H,1-6H3/b13-12+. The number of nitrogens with zero attached hydrogens (tertiary/aromatic N) is 3. The molecule has 0 N–H and O–H groups in total. The molecule has 0 aliphatic carbocycles. The van der Waals surface area contributed by atoms with Crippen molar-refractivity contribution in [3.05, 3.63) is 41.7 Å². The molecule has 108 valence electrons. The number of rotatable bonds is 5. The van der Waals surface area contributed by atoms with Gasteiger partial charge in [-0.3, -0.25) is 0 Å². The second kappa shape index (κ2) is 5.90. The van der Waals surface area contributed by atoms with E-state index in [-0.39, 0.29) is 0 Å². The zero-order valence-electron chi connectivity index (χ0n) is 12.7. The molecule has 0 saturated carbocycles. The minimum absolute atomic E-state index is 1.16. The first-order valence-corrected chi connectivity index (χ1v) is 9.31. The topological polar surface area (TPSA) is 9.72 Å². The van der Waals surface area contributed by atoms with Crippen molar-refractivity contribution in [2.75, 3.05) is 42.3 Å². The van der Waals surface area contributed by atoms with E-state index in [2.05, 4.69) is 38.0 Å². The molecule has 0 aliphatic rings. The van der Waals surface area contributed by atoms with Crippen LogP contribution in [0.4, 0.5) is 0 Å². The Labute approximate surface area is 122 Å². The number of benzene rings is 1. The van der Waals surface area contributed by atoms with Crippen molar-refractivity contribution in [2.24, 2.45) is 0 Å². The number of hydrogen-bond acceptors (Lipinski definition) is 3. The van der Waals surface area contributed by atoms with Gasteiger partial charge in [-0.2, -0.15) is 0 Å². The molecule has 0 atom stereocenters. The van der Waals surface area contributed by atoms with Gasteiger partial charge in [0, 0.05) is 0 Å². The summed E-state index contributed by atoms with van der Waals surface area (Å²) in [5.74, 6) is 2.14. The second-order valence-electron chi connectivity index (χ2n) is 5.21. The first kappa shape index (κ1) is 16.6. The van der Waals surface area contributed by atoms with E-state index in [1.165, 1.54) is 0 Å². The molecule has 0 bridgehead atoms. The van der Waals surface area contributed by atoms with Gasteiger partial charge in [0.05, 0.1) is 0 Å². The van der Waals surface area contributed by atoms with Crippen molar-refractivity contribution < 1.29 is 0 Å². The number of halogens is 1. The fourth-order valence-electron chi connectivity index (χ4n) is 2.25. The van der Waals surface area contributed by atoms with E-state index in [1.54, 1.807) is 0 Å². The van der Waals surface area contributed by atoms with E-state index < -0.39 is 6.41 Å². The van der Waals surface area contributed by atoms with Gasteiger partial charge in [0.15, 0.2) is 0 Å². The number of hydrogen-bond donors (Lipinski definition) is 0. The summed E-state index contributed by atoms with van der Waals surface area (Å²) in [4.78, 5) is 0. The van der Waals surface area contributed by atoms with E-state index in [1.807, 2.05) is 60.5 Å². The molecule has 5 heteroatoms. The van der Waals surface area contributed by atoms with Crippen LogP contribution in [0.5, 0.6) is 0 Å². The summed E-state index contributed by atoms with van der Waals surface area (Å²) in [5.41, 5.74) is 1.16. The van der Waals surface area contributed by atoms with E-state index in [4.69, 9.17) is 11.2 Å². The summed E-state index contributed by atoms with van der Waals surface area (Å²) in [5, 5.41) is 0. The van der Waals surface area contributed by atoms with Gasteiger partial charge < -0.3 is 0 Å². The van der Waals surface area contributed by atoms with Gasteiger partial charge in [-0.1, -0.05) is 0 Å². The Morgan fingerprint density at radius 3 is 1.63 bits per heavy atom. The quantitative estimate of drug-likeness (QED) is 0.766. The van der Waals surface area contributed by atoms with Crippen molar-refractivity contribution in [1.29, 1.82) is 0 Å². The summed E-state index contributed by atoms with van der Waals surface area (Å²) in [7, 11) is 12.2. The molecule has 0 spiro atoms. The van der Waals surface area contributed by atoms with E-state index in [0.717, 1.165) is 5.56 Å². The third-order valence-corrected chi connectivity index (χ3v) is 11.7. The van der Waals surface area contributed by atoms with Crippen LogP contribution >= 0.6 is 17.6 Å². The molecule has 0 saturated heterocycles. The van der Waals surface area contributed by atoms with Crippen LogP contribution < -0.4 is 0 Å². The summed E-state index contributed by atoms with van der Waals surface area (Å²) in [6.45, 7) is 0. The average Bonchev–Trinajstić information content (AvgIpc) is 2.36. The van der Waals surface area contributed by atoms with Crippen molar-refractivity contribution in [1.82, 2.24) is 14.0 Å². The molecule has 0 unspecified atom stereocenters. The Morgan fingerprint density at radius 1 is 0.842 bits per heavy atom. The minimum atomic E-state index is -2.91. The van der Waals surface area contributed by atoms with Gasteiger partial charge in [0.25, 0.3) is 0 Å². The third kappa shape index (κ3) is 2.86. The fraction of sp³-hybridized carbons (Fsp3) is 0.429. The Hall–Kier alpha value is -0.440. The molecule has 1 aromatic rings. The molecule has 0 aliphatic heterocycles. The van der Waals surface area contributed by atoms with Crippen LogP contribution in [0.15, 0.2) is 36.1 Å². The molecule has 0 fully saturated rings. The SMILES string of the molecule is CN(C)P(Cl)(/C=C/c1ccccc1)(N(C)C)N(C)C. The van der Waals surface area contributed by atoms with Crippen LogP contribution in [0, 0.1) is 0 Å². The van der Waals surface area contributed by atoms with E-state index in [0.29, 0.717) is 0 Å². The zero-order chi connectivity index (χ0) is 14.7. The van der Waals surface area contributed by atoms with Crippen LogP contribution in [-0.2, 0) is 0 Å². The summed E-state index contributed by atoms with van der Waals surface area (Å²) in [6, 6.07) is 10.2. The van der Waals surface area contributed by atoms with Crippen LogP contribution in [0.3, 0.4) is 0 Å². The molecular weight excluding hydrogens is 277 g/mol. The first-order chi connectivity index (χ1) is 8.73. The van der Waals surface area contributed by atoms with Crippen LogP contribution in [0.25, 0.3) is 6.08 Å². The van der Waals surface area contributed by atoms with Gasteiger partial charge in [0.2, 0.25) is 0 Å². The van der Waals surface area contributed by atoms with Crippen LogP contribution in [0.2, 0.25) is 0 Å². The van der Waals surface area contributed by atoms with Gasteiger partial charge >= 0.3 is 122 Å². The molecule has 1 rings (SSSR count). The molecule has 0 heterocycles. The maximum absolute atomic E-state index is 7.17. The molecule has 0 radical (unpaired) electrons. The molecule has 3 nitrogen and oxygen atoms in total. The van der Waals surface area contributed by atoms with Crippen molar-refractivity contribution in [2.45, 2.75) is 0 Å². The predicted molar refractivity (Wildman–Crippen MR) is 89.3 cm³/mol. The second-order valence-corrected chi connectivity index (χ2v) is 11.7. The molecule has 0 amide bonds. The Bertz CT molecular complexity index is 419. The van der Waals surface area contributed by atoms with Crippen LogP contribution in [0.1, 0.15) is 5.56 Å². The molecule has 1 aromatic carbocycles. The van der Waals surface area contributed by atoms with Crippen molar-refractivity contribution >= 4 is 23.7 Å². The normalized spacial score (nSPS) is 15.4. The van der Waals surface area contributed by atoms with Crippen molar-refractivity contribution in [3.8, 4) is 0 Å².